The fourth-order valence-corrected chi connectivity index (χ4v) is 3.39. The van der Waals surface area contributed by atoms with Crippen molar-refractivity contribution in [1.29, 1.82) is 0 Å². The lowest BCUT2D eigenvalue weighted by atomic mass is 9.79. The summed E-state index contributed by atoms with van der Waals surface area (Å²) in [6.45, 7) is 9.42. The van der Waals surface area contributed by atoms with Crippen molar-refractivity contribution in [3.8, 4) is 0 Å². The number of nitrogens with two attached hydrogens (primary N) is 1. The molecular weight excluding hydrogens is 385 g/mol. The summed E-state index contributed by atoms with van der Waals surface area (Å²) in [5.74, 6) is -0.243. The first-order valence-electron chi connectivity index (χ1n) is 9.26. The van der Waals surface area contributed by atoms with Gasteiger partial charge in [0.05, 0.1) is 0 Å². The van der Waals surface area contributed by atoms with Gasteiger partial charge in [0.25, 0.3) is 5.91 Å². The van der Waals surface area contributed by atoms with E-state index in [1.807, 2.05) is 18.7 Å². The van der Waals surface area contributed by atoms with Crippen LogP contribution in [0.15, 0.2) is 24.3 Å². The Labute approximate surface area is 173 Å². The van der Waals surface area contributed by atoms with Gasteiger partial charge in [0.1, 0.15) is 6.04 Å². The van der Waals surface area contributed by atoms with Crippen molar-refractivity contribution in [2.75, 3.05) is 13.1 Å². The summed E-state index contributed by atoms with van der Waals surface area (Å²) >= 11 is 5.88. The monoisotopic (exact) mass is 415 g/mol. The van der Waals surface area contributed by atoms with Gasteiger partial charge in [-0.05, 0) is 42.0 Å². The first kappa shape index (κ1) is 23.7. The largest absolute Gasteiger partial charge is 0.340 e. The summed E-state index contributed by atoms with van der Waals surface area (Å²) in [6.07, 6.45) is 1.57. The average molecular weight is 416 g/mol. The number of likely N-dealkylation sites (tertiary alicyclic amines) is 1. The minimum Gasteiger partial charge on any atom is -0.340 e. The van der Waals surface area contributed by atoms with Gasteiger partial charge in [-0.3, -0.25) is 9.59 Å². The van der Waals surface area contributed by atoms with E-state index in [9.17, 15) is 9.59 Å². The predicted molar refractivity (Wildman–Crippen MR) is 112 cm³/mol. The standard InChI is InChI=1S/C20H30ClN3O2.ClH/c1-5-13(2)17(23-18(25)14-6-8-15(21)9-7-14)19(26)24-11-10-16(22)20(3,4)12-24;/h6-9,13,16-17H,5,10-12,22H2,1-4H3,(H,23,25);1H. The molecule has 1 aliphatic rings. The van der Waals surface area contributed by atoms with E-state index in [0.29, 0.717) is 23.7 Å². The van der Waals surface area contributed by atoms with Gasteiger partial charge in [-0.1, -0.05) is 45.7 Å². The summed E-state index contributed by atoms with van der Waals surface area (Å²) in [5, 5.41) is 3.51. The molecule has 2 rings (SSSR count). The molecule has 7 heteroatoms. The Morgan fingerprint density at radius 2 is 1.93 bits per heavy atom. The van der Waals surface area contributed by atoms with Crippen molar-refractivity contribution in [3.63, 3.8) is 0 Å². The van der Waals surface area contributed by atoms with Crippen molar-refractivity contribution in [1.82, 2.24) is 10.2 Å². The SMILES string of the molecule is CCC(C)C(NC(=O)c1ccc(Cl)cc1)C(=O)N1CCC(N)C(C)(C)C1.Cl. The second kappa shape index (κ2) is 9.76. The molecule has 0 saturated carbocycles. The van der Waals surface area contributed by atoms with Crippen molar-refractivity contribution >= 4 is 35.8 Å². The average Bonchev–Trinajstić information content (AvgIpc) is 2.61. The minimum atomic E-state index is -0.548. The highest BCUT2D eigenvalue weighted by Gasteiger charge is 2.38. The number of hydrogen-bond acceptors (Lipinski definition) is 3. The number of carbonyl (C=O) groups excluding carboxylic acids is 2. The zero-order valence-corrected chi connectivity index (χ0v) is 18.1. The number of hydrogen-bond donors (Lipinski definition) is 2. The lowest BCUT2D eigenvalue weighted by Gasteiger charge is -2.44. The van der Waals surface area contributed by atoms with Crippen LogP contribution in [-0.4, -0.2) is 41.9 Å². The van der Waals surface area contributed by atoms with E-state index in [1.54, 1.807) is 24.3 Å². The van der Waals surface area contributed by atoms with Crippen LogP contribution in [0.1, 0.15) is 50.9 Å². The number of piperidine rings is 1. The minimum absolute atomic E-state index is 0. The Hall–Kier alpha value is -1.30. The molecule has 1 aromatic carbocycles. The molecule has 5 nitrogen and oxygen atoms in total. The van der Waals surface area contributed by atoms with E-state index < -0.39 is 6.04 Å². The third-order valence-corrected chi connectivity index (χ3v) is 5.75. The van der Waals surface area contributed by atoms with E-state index in [4.69, 9.17) is 17.3 Å². The topological polar surface area (TPSA) is 75.4 Å². The molecule has 1 heterocycles. The number of rotatable bonds is 5. The third-order valence-electron chi connectivity index (χ3n) is 5.50. The van der Waals surface area contributed by atoms with Crippen molar-refractivity contribution < 1.29 is 9.59 Å². The molecule has 3 unspecified atom stereocenters. The number of amides is 2. The highest BCUT2D eigenvalue weighted by Crippen LogP contribution is 2.28. The summed E-state index contributed by atoms with van der Waals surface area (Å²) in [6, 6.07) is 6.21. The van der Waals surface area contributed by atoms with Crippen LogP contribution < -0.4 is 11.1 Å². The van der Waals surface area contributed by atoms with Crippen LogP contribution in [0.25, 0.3) is 0 Å². The van der Waals surface area contributed by atoms with E-state index in [0.717, 1.165) is 12.8 Å². The quantitative estimate of drug-likeness (QED) is 0.772. The maximum absolute atomic E-state index is 13.2. The molecule has 152 valence electrons. The van der Waals surface area contributed by atoms with Gasteiger partial charge in [0, 0.05) is 29.7 Å². The third kappa shape index (κ3) is 5.84. The fraction of sp³-hybridized carbons (Fsp3) is 0.600. The second-order valence-electron chi connectivity index (χ2n) is 7.99. The molecule has 3 N–H and O–H groups in total. The fourth-order valence-electron chi connectivity index (χ4n) is 3.27. The van der Waals surface area contributed by atoms with Gasteiger partial charge >= 0.3 is 0 Å². The molecule has 2 amide bonds. The van der Waals surface area contributed by atoms with Gasteiger partial charge < -0.3 is 16.0 Å². The lowest BCUT2D eigenvalue weighted by molar-refractivity contribution is -0.138. The van der Waals surface area contributed by atoms with Crippen LogP contribution in [0.5, 0.6) is 0 Å². The Morgan fingerprint density at radius 1 is 1.33 bits per heavy atom. The number of benzene rings is 1. The smallest absolute Gasteiger partial charge is 0.251 e. The molecule has 1 saturated heterocycles. The molecule has 1 aromatic rings. The molecule has 0 radical (unpaired) electrons. The summed E-state index contributed by atoms with van der Waals surface area (Å²) < 4.78 is 0. The summed E-state index contributed by atoms with van der Waals surface area (Å²) in [7, 11) is 0. The molecular formula is C20H31Cl2N3O2. The van der Waals surface area contributed by atoms with E-state index in [-0.39, 0.29) is 41.6 Å². The first-order valence-corrected chi connectivity index (χ1v) is 9.64. The molecule has 0 aromatic heterocycles. The Balaban J connectivity index is 0.00000364. The highest BCUT2D eigenvalue weighted by atomic mass is 35.5. The van der Waals surface area contributed by atoms with Crippen molar-refractivity contribution in [3.05, 3.63) is 34.9 Å². The van der Waals surface area contributed by atoms with E-state index in [1.165, 1.54) is 0 Å². The summed E-state index contributed by atoms with van der Waals surface area (Å²) in [5.41, 5.74) is 6.55. The van der Waals surface area contributed by atoms with Gasteiger partial charge in [0.2, 0.25) is 5.91 Å². The van der Waals surface area contributed by atoms with Crippen LogP contribution >= 0.6 is 24.0 Å². The Morgan fingerprint density at radius 3 is 2.44 bits per heavy atom. The number of halogens is 2. The maximum atomic E-state index is 13.2. The molecule has 3 atom stereocenters. The van der Waals surface area contributed by atoms with Crippen LogP contribution in [0, 0.1) is 11.3 Å². The van der Waals surface area contributed by atoms with Gasteiger partial charge in [-0.2, -0.15) is 0 Å². The van der Waals surface area contributed by atoms with Crippen LogP contribution in [0.2, 0.25) is 5.02 Å². The maximum Gasteiger partial charge on any atom is 0.251 e. The molecule has 0 bridgehead atoms. The Bertz CT molecular complexity index is 649. The van der Waals surface area contributed by atoms with Crippen LogP contribution in [-0.2, 0) is 4.79 Å². The van der Waals surface area contributed by atoms with Crippen molar-refractivity contribution in [2.24, 2.45) is 17.1 Å². The van der Waals surface area contributed by atoms with Gasteiger partial charge in [0.15, 0.2) is 0 Å². The molecule has 0 aliphatic carbocycles. The number of carbonyl (C=O) groups is 2. The van der Waals surface area contributed by atoms with Gasteiger partial charge in [-0.25, -0.2) is 0 Å². The van der Waals surface area contributed by atoms with Crippen LogP contribution in [0.3, 0.4) is 0 Å². The summed E-state index contributed by atoms with van der Waals surface area (Å²) in [4.78, 5) is 27.6. The highest BCUT2D eigenvalue weighted by molar-refractivity contribution is 6.30. The normalized spacial score (nSPS) is 21.0. The number of nitrogens with zero attached hydrogens (tertiary/aromatic N) is 1. The Kier molecular flexibility index (Phi) is 8.58. The molecule has 1 fully saturated rings. The molecule has 0 spiro atoms. The zero-order valence-electron chi connectivity index (χ0n) is 16.5. The van der Waals surface area contributed by atoms with Crippen molar-refractivity contribution in [2.45, 2.75) is 52.6 Å². The second-order valence-corrected chi connectivity index (χ2v) is 8.42. The number of nitrogens with one attached hydrogen (secondary N) is 1. The van der Waals surface area contributed by atoms with E-state index in [2.05, 4.69) is 19.2 Å². The zero-order chi connectivity index (χ0) is 19.5. The first-order chi connectivity index (χ1) is 12.2. The van der Waals surface area contributed by atoms with Gasteiger partial charge in [-0.15, -0.1) is 12.4 Å². The lowest BCUT2D eigenvalue weighted by Crippen LogP contribution is -2.59. The molecule has 1 aliphatic heterocycles. The van der Waals surface area contributed by atoms with E-state index >= 15 is 0 Å². The predicted octanol–water partition coefficient (Wildman–Crippen LogP) is 3.49. The molecule has 27 heavy (non-hydrogen) atoms. The van der Waals surface area contributed by atoms with Crippen LogP contribution in [0.4, 0.5) is 0 Å².